The van der Waals surface area contributed by atoms with Crippen molar-refractivity contribution < 1.29 is 9.84 Å². The molecule has 0 fully saturated rings. The van der Waals surface area contributed by atoms with Gasteiger partial charge < -0.3 is 9.84 Å². The van der Waals surface area contributed by atoms with Crippen LogP contribution in [-0.2, 0) is 0 Å². The summed E-state index contributed by atoms with van der Waals surface area (Å²) < 4.78 is 6.32. The molecule has 1 N–H and O–H groups in total. The van der Waals surface area contributed by atoms with E-state index in [4.69, 9.17) is 9.84 Å². The summed E-state index contributed by atoms with van der Waals surface area (Å²) in [5.74, 6) is 0.825. The van der Waals surface area contributed by atoms with Crippen LogP contribution in [0.1, 0.15) is 6.42 Å². The Morgan fingerprint density at radius 2 is 2.08 bits per heavy atom. The first kappa shape index (κ1) is 9.55. The highest BCUT2D eigenvalue weighted by atomic mass is 79.9. The summed E-state index contributed by atoms with van der Waals surface area (Å²) in [4.78, 5) is 0. The molecule has 0 radical (unpaired) electrons. The number of para-hydroxylation sites is 1. The molecule has 1 aromatic carbocycles. The predicted octanol–water partition coefficient (Wildman–Crippen LogP) is 2.21. The van der Waals surface area contributed by atoms with Crippen LogP contribution >= 0.6 is 15.9 Å². The number of rotatable bonds is 4. The molecule has 12 heavy (non-hydrogen) atoms. The Morgan fingerprint density at radius 3 is 2.75 bits per heavy atom. The molecule has 0 aromatic heterocycles. The van der Waals surface area contributed by atoms with Crippen LogP contribution < -0.4 is 4.74 Å². The van der Waals surface area contributed by atoms with Gasteiger partial charge in [-0.1, -0.05) is 12.1 Å². The minimum atomic E-state index is 0.171. The fraction of sp³-hybridized carbons (Fsp3) is 0.333. The Kier molecular flexibility index (Phi) is 4.11. The molecule has 0 amide bonds. The lowest BCUT2D eigenvalue weighted by Gasteiger charge is -2.05. The van der Waals surface area contributed by atoms with Gasteiger partial charge in [0.1, 0.15) is 5.75 Å². The summed E-state index contributed by atoms with van der Waals surface area (Å²) in [6.07, 6.45) is 0.668. The molecule has 1 aromatic rings. The molecule has 0 spiro atoms. The smallest absolute Gasteiger partial charge is 0.133 e. The third-order valence-corrected chi connectivity index (χ3v) is 2.05. The summed E-state index contributed by atoms with van der Waals surface area (Å²) in [5, 5.41) is 8.52. The van der Waals surface area contributed by atoms with Gasteiger partial charge >= 0.3 is 0 Å². The topological polar surface area (TPSA) is 29.5 Å². The number of hydrogen-bond acceptors (Lipinski definition) is 2. The lowest BCUT2D eigenvalue weighted by Crippen LogP contribution is -1.99. The van der Waals surface area contributed by atoms with E-state index < -0.39 is 0 Å². The molecule has 0 aliphatic rings. The van der Waals surface area contributed by atoms with Crippen LogP contribution in [0.4, 0.5) is 0 Å². The van der Waals surface area contributed by atoms with Gasteiger partial charge in [-0.25, -0.2) is 0 Å². The largest absolute Gasteiger partial charge is 0.492 e. The second-order valence-corrected chi connectivity index (χ2v) is 3.21. The van der Waals surface area contributed by atoms with Crippen LogP contribution in [0.25, 0.3) is 0 Å². The van der Waals surface area contributed by atoms with E-state index in [1.807, 2.05) is 24.3 Å². The van der Waals surface area contributed by atoms with Crippen molar-refractivity contribution in [2.45, 2.75) is 6.42 Å². The van der Waals surface area contributed by atoms with Crippen molar-refractivity contribution in [3.05, 3.63) is 28.7 Å². The molecule has 0 bridgehead atoms. The lowest BCUT2D eigenvalue weighted by molar-refractivity contribution is 0.233. The first-order chi connectivity index (χ1) is 5.84. The number of halogens is 1. The van der Waals surface area contributed by atoms with Gasteiger partial charge in [0.2, 0.25) is 0 Å². The van der Waals surface area contributed by atoms with Crippen molar-refractivity contribution in [2.24, 2.45) is 0 Å². The molecule has 2 nitrogen and oxygen atoms in total. The molecule has 0 aliphatic carbocycles. The average Bonchev–Trinajstić information content (AvgIpc) is 2.09. The van der Waals surface area contributed by atoms with Crippen molar-refractivity contribution in [1.29, 1.82) is 0 Å². The number of hydrogen-bond donors (Lipinski definition) is 1. The lowest BCUT2D eigenvalue weighted by atomic mass is 10.3. The highest BCUT2D eigenvalue weighted by molar-refractivity contribution is 9.10. The highest BCUT2D eigenvalue weighted by Gasteiger charge is 1.97. The molecule has 0 saturated heterocycles. The monoisotopic (exact) mass is 230 g/mol. The Hall–Kier alpha value is -0.540. The average molecular weight is 231 g/mol. The zero-order chi connectivity index (χ0) is 8.81. The molecule has 66 valence electrons. The van der Waals surface area contributed by atoms with Crippen molar-refractivity contribution in [2.75, 3.05) is 13.2 Å². The Morgan fingerprint density at radius 1 is 1.33 bits per heavy atom. The number of ether oxygens (including phenoxy) is 1. The van der Waals surface area contributed by atoms with E-state index in [-0.39, 0.29) is 6.61 Å². The van der Waals surface area contributed by atoms with E-state index in [1.165, 1.54) is 0 Å². The maximum Gasteiger partial charge on any atom is 0.133 e. The van der Waals surface area contributed by atoms with Gasteiger partial charge in [0.15, 0.2) is 0 Å². The van der Waals surface area contributed by atoms with E-state index in [2.05, 4.69) is 15.9 Å². The molecule has 0 saturated carbocycles. The van der Waals surface area contributed by atoms with Gasteiger partial charge in [0.25, 0.3) is 0 Å². The Bertz CT molecular complexity index is 238. The molecule has 0 unspecified atom stereocenters. The molecular formula is C9H11BrO2. The normalized spacial score (nSPS) is 9.83. The van der Waals surface area contributed by atoms with E-state index in [0.29, 0.717) is 13.0 Å². The van der Waals surface area contributed by atoms with Gasteiger partial charge in [-0.15, -0.1) is 0 Å². The van der Waals surface area contributed by atoms with Gasteiger partial charge in [0.05, 0.1) is 11.1 Å². The van der Waals surface area contributed by atoms with Gasteiger partial charge in [-0.2, -0.15) is 0 Å². The van der Waals surface area contributed by atoms with Crippen molar-refractivity contribution in [3.8, 4) is 5.75 Å². The second kappa shape index (κ2) is 5.17. The van der Waals surface area contributed by atoms with E-state index >= 15 is 0 Å². The summed E-state index contributed by atoms with van der Waals surface area (Å²) in [7, 11) is 0. The maximum absolute atomic E-state index is 8.52. The van der Waals surface area contributed by atoms with Crippen LogP contribution in [0.2, 0.25) is 0 Å². The first-order valence-electron chi connectivity index (χ1n) is 3.83. The molecule has 0 atom stereocenters. The van der Waals surface area contributed by atoms with E-state index in [0.717, 1.165) is 10.2 Å². The Balaban J connectivity index is 2.46. The van der Waals surface area contributed by atoms with Gasteiger partial charge in [0, 0.05) is 13.0 Å². The van der Waals surface area contributed by atoms with E-state index in [1.54, 1.807) is 0 Å². The quantitative estimate of drug-likeness (QED) is 0.805. The van der Waals surface area contributed by atoms with Crippen LogP contribution in [0, 0.1) is 0 Å². The standard InChI is InChI=1S/C9H11BrO2/c10-8-4-1-2-5-9(8)12-7-3-6-11/h1-2,4-5,11H,3,6-7H2. The maximum atomic E-state index is 8.52. The second-order valence-electron chi connectivity index (χ2n) is 2.36. The molecule has 0 aliphatic heterocycles. The molecule has 3 heteroatoms. The van der Waals surface area contributed by atoms with Gasteiger partial charge in [-0.05, 0) is 28.1 Å². The summed E-state index contributed by atoms with van der Waals surface area (Å²) >= 11 is 3.36. The van der Waals surface area contributed by atoms with Crippen LogP contribution in [-0.4, -0.2) is 18.3 Å². The fourth-order valence-electron chi connectivity index (χ4n) is 0.808. The van der Waals surface area contributed by atoms with Crippen molar-refractivity contribution in [1.82, 2.24) is 0 Å². The summed E-state index contributed by atoms with van der Waals surface area (Å²) in [6.45, 7) is 0.726. The van der Waals surface area contributed by atoms with Crippen LogP contribution in [0.3, 0.4) is 0 Å². The number of benzene rings is 1. The molecular weight excluding hydrogens is 220 g/mol. The molecule has 1 rings (SSSR count). The first-order valence-corrected chi connectivity index (χ1v) is 4.62. The fourth-order valence-corrected chi connectivity index (χ4v) is 1.21. The third kappa shape index (κ3) is 2.83. The van der Waals surface area contributed by atoms with Crippen LogP contribution in [0.15, 0.2) is 28.7 Å². The SMILES string of the molecule is OCCCOc1ccccc1Br. The van der Waals surface area contributed by atoms with Crippen LogP contribution in [0.5, 0.6) is 5.75 Å². The van der Waals surface area contributed by atoms with Crippen molar-refractivity contribution in [3.63, 3.8) is 0 Å². The number of aliphatic hydroxyl groups excluding tert-OH is 1. The number of aliphatic hydroxyl groups is 1. The third-order valence-electron chi connectivity index (χ3n) is 1.40. The van der Waals surface area contributed by atoms with E-state index in [9.17, 15) is 0 Å². The Labute approximate surface area is 80.3 Å². The molecule has 0 heterocycles. The summed E-state index contributed by atoms with van der Waals surface area (Å²) in [6, 6.07) is 7.66. The zero-order valence-electron chi connectivity index (χ0n) is 6.66. The highest BCUT2D eigenvalue weighted by Crippen LogP contribution is 2.23. The zero-order valence-corrected chi connectivity index (χ0v) is 8.25. The minimum absolute atomic E-state index is 0.171. The minimum Gasteiger partial charge on any atom is -0.492 e. The van der Waals surface area contributed by atoms with Crippen molar-refractivity contribution >= 4 is 15.9 Å². The predicted molar refractivity (Wildman–Crippen MR) is 51.3 cm³/mol. The van der Waals surface area contributed by atoms with Gasteiger partial charge in [-0.3, -0.25) is 0 Å². The summed E-state index contributed by atoms with van der Waals surface area (Å²) in [5.41, 5.74) is 0.